The fourth-order valence-corrected chi connectivity index (χ4v) is 3.98. The van der Waals surface area contributed by atoms with E-state index in [0.717, 1.165) is 36.8 Å². The van der Waals surface area contributed by atoms with Gasteiger partial charge in [0, 0.05) is 25.1 Å². The van der Waals surface area contributed by atoms with E-state index in [9.17, 15) is 15.0 Å². The molecule has 0 aromatic heterocycles. The van der Waals surface area contributed by atoms with Crippen LogP contribution in [0.25, 0.3) is 0 Å². The molecule has 2 aromatic carbocycles. The molecular formula is C22H27NO3. The van der Waals surface area contributed by atoms with E-state index in [0.29, 0.717) is 13.0 Å². The van der Waals surface area contributed by atoms with Gasteiger partial charge in [0.1, 0.15) is 11.5 Å². The molecule has 1 aliphatic rings. The molecule has 138 valence electrons. The molecule has 2 aromatic rings. The molecule has 4 heteroatoms. The van der Waals surface area contributed by atoms with Gasteiger partial charge in [-0.05, 0) is 48.8 Å². The maximum absolute atomic E-state index is 12.5. The highest BCUT2D eigenvalue weighted by Crippen LogP contribution is 2.39. The monoisotopic (exact) mass is 353 g/mol. The SMILES string of the molecule is CCC(=O)N(Cc1ccccc1)[C@H]1CC[C@@H](c2ccc(O)cc2O)CC1. The highest BCUT2D eigenvalue weighted by Gasteiger charge is 2.29. The van der Waals surface area contributed by atoms with Crippen molar-refractivity contribution in [3.63, 3.8) is 0 Å². The van der Waals surface area contributed by atoms with Gasteiger partial charge in [-0.3, -0.25) is 4.79 Å². The summed E-state index contributed by atoms with van der Waals surface area (Å²) in [6.07, 6.45) is 4.26. The zero-order valence-electron chi connectivity index (χ0n) is 15.3. The molecule has 0 spiro atoms. The van der Waals surface area contributed by atoms with Crippen LogP contribution in [0.1, 0.15) is 56.1 Å². The maximum atomic E-state index is 12.5. The number of phenols is 2. The Kier molecular flexibility index (Phi) is 5.82. The molecule has 1 saturated carbocycles. The van der Waals surface area contributed by atoms with Crippen molar-refractivity contribution in [3.05, 3.63) is 59.7 Å². The number of carbonyl (C=O) groups excluding carboxylic acids is 1. The first kappa shape index (κ1) is 18.3. The molecule has 0 aliphatic heterocycles. The lowest BCUT2D eigenvalue weighted by atomic mass is 9.80. The third-order valence-electron chi connectivity index (χ3n) is 5.41. The second-order valence-corrected chi connectivity index (χ2v) is 7.11. The number of hydrogen-bond donors (Lipinski definition) is 2. The van der Waals surface area contributed by atoms with Crippen LogP contribution in [0.4, 0.5) is 0 Å². The standard InChI is InChI=1S/C22H27NO3/c1-2-22(26)23(15-16-6-4-3-5-7-16)18-10-8-17(9-11-18)20-13-12-19(24)14-21(20)25/h3-7,12-14,17-18,24-25H,2,8-11,15H2,1H3/t17-,18+. The third-order valence-corrected chi connectivity index (χ3v) is 5.41. The van der Waals surface area contributed by atoms with E-state index < -0.39 is 0 Å². The molecular weight excluding hydrogens is 326 g/mol. The van der Waals surface area contributed by atoms with Crippen molar-refractivity contribution >= 4 is 5.91 Å². The number of hydrogen-bond acceptors (Lipinski definition) is 3. The van der Waals surface area contributed by atoms with E-state index in [1.807, 2.05) is 36.1 Å². The zero-order chi connectivity index (χ0) is 18.5. The zero-order valence-corrected chi connectivity index (χ0v) is 15.3. The van der Waals surface area contributed by atoms with Gasteiger partial charge < -0.3 is 15.1 Å². The fourth-order valence-electron chi connectivity index (χ4n) is 3.98. The van der Waals surface area contributed by atoms with Crippen LogP contribution in [0.5, 0.6) is 11.5 Å². The van der Waals surface area contributed by atoms with Crippen LogP contribution < -0.4 is 0 Å². The molecule has 1 amide bonds. The Balaban J connectivity index is 1.68. The number of aromatic hydroxyl groups is 2. The Morgan fingerprint density at radius 2 is 1.73 bits per heavy atom. The van der Waals surface area contributed by atoms with Crippen molar-refractivity contribution < 1.29 is 15.0 Å². The van der Waals surface area contributed by atoms with Crippen molar-refractivity contribution in [1.29, 1.82) is 0 Å². The highest BCUT2D eigenvalue weighted by atomic mass is 16.3. The van der Waals surface area contributed by atoms with E-state index in [2.05, 4.69) is 12.1 Å². The molecule has 1 fully saturated rings. The van der Waals surface area contributed by atoms with Crippen molar-refractivity contribution in [2.45, 2.75) is 57.5 Å². The van der Waals surface area contributed by atoms with Gasteiger partial charge >= 0.3 is 0 Å². The smallest absolute Gasteiger partial charge is 0.222 e. The van der Waals surface area contributed by atoms with Crippen LogP contribution in [0.15, 0.2) is 48.5 Å². The molecule has 26 heavy (non-hydrogen) atoms. The van der Waals surface area contributed by atoms with Crippen LogP contribution in [0.3, 0.4) is 0 Å². The maximum Gasteiger partial charge on any atom is 0.222 e. The van der Waals surface area contributed by atoms with Crippen molar-refractivity contribution in [2.24, 2.45) is 0 Å². The lowest BCUT2D eigenvalue weighted by Crippen LogP contribution is -2.41. The Hall–Kier alpha value is -2.49. The first-order chi connectivity index (χ1) is 12.6. The van der Waals surface area contributed by atoms with E-state index in [4.69, 9.17) is 0 Å². The van der Waals surface area contributed by atoms with Crippen LogP contribution in [-0.4, -0.2) is 27.1 Å². The van der Waals surface area contributed by atoms with E-state index in [1.165, 1.54) is 6.07 Å². The minimum Gasteiger partial charge on any atom is -0.508 e. The summed E-state index contributed by atoms with van der Waals surface area (Å²) in [6.45, 7) is 2.58. The number of phenolic OH excluding ortho intramolecular Hbond substituents is 2. The second kappa shape index (κ2) is 8.26. The van der Waals surface area contributed by atoms with Crippen LogP contribution >= 0.6 is 0 Å². The van der Waals surface area contributed by atoms with E-state index >= 15 is 0 Å². The van der Waals surface area contributed by atoms with Gasteiger partial charge in [0.25, 0.3) is 0 Å². The van der Waals surface area contributed by atoms with E-state index in [1.54, 1.807) is 6.07 Å². The van der Waals surface area contributed by atoms with Crippen LogP contribution in [0, 0.1) is 0 Å². The molecule has 0 unspecified atom stereocenters. The summed E-state index contributed by atoms with van der Waals surface area (Å²) in [5.74, 6) is 0.730. The first-order valence-electron chi connectivity index (χ1n) is 9.43. The average molecular weight is 353 g/mol. The number of carbonyl (C=O) groups is 1. The van der Waals surface area contributed by atoms with Crippen molar-refractivity contribution in [1.82, 2.24) is 4.90 Å². The number of nitrogens with zero attached hydrogens (tertiary/aromatic N) is 1. The topological polar surface area (TPSA) is 60.8 Å². The predicted molar refractivity (Wildman–Crippen MR) is 102 cm³/mol. The molecule has 0 bridgehead atoms. The second-order valence-electron chi connectivity index (χ2n) is 7.11. The number of benzene rings is 2. The molecule has 0 saturated heterocycles. The quantitative estimate of drug-likeness (QED) is 0.828. The number of amides is 1. The molecule has 0 radical (unpaired) electrons. The van der Waals surface area contributed by atoms with Crippen molar-refractivity contribution in [3.8, 4) is 11.5 Å². The van der Waals surface area contributed by atoms with Crippen molar-refractivity contribution in [2.75, 3.05) is 0 Å². The summed E-state index contributed by atoms with van der Waals surface area (Å²) < 4.78 is 0. The normalized spacial score (nSPS) is 19.9. The Morgan fingerprint density at radius 3 is 2.35 bits per heavy atom. The minimum absolute atomic E-state index is 0.0857. The molecule has 0 heterocycles. The fraction of sp³-hybridized carbons (Fsp3) is 0.409. The summed E-state index contributed by atoms with van der Waals surface area (Å²) in [6, 6.07) is 15.2. The highest BCUT2D eigenvalue weighted by molar-refractivity contribution is 5.76. The first-order valence-corrected chi connectivity index (χ1v) is 9.43. The Labute approximate surface area is 155 Å². The molecule has 3 rings (SSSR count). The summed E-state index contributed by atoms with van der Waals surface area (Å²) in [4.78, 5) is 14.5. The van der Waals surface area contributed by atoms with Gasteiger partial charge in [0.05, 0.1) is 0 Å². The Morgan fingerprint density at radius 1 is 1.04 bits per heavy atom. The lowest BCUT2D eigenvalue weighted by Gasteiger charge is -2.37. The van der Waals surface area contributed by atoms with Gasteiger partial charge in [0.15, 0.2) is 0 Å². The lowest BCUT2D eigenvalue weighted by molar-refractivity contribution is -0.134. The van der Waals surface area contributed by atoms with Gasteiger partial charge in [-0.2, -0.15) is 0 Å². The van der Waals surface area contributed by atoms with Gasteiger partial charge in [0.2, 0.25) is 5.91 Å². The van der Waals surface area contributed by atoms with Gasteiger partial charge in [-0.15, -0.1) is 0 Å². The minimum atomic E-state index is 0.0857. The predicted octanol–water partition coefficient (Wildman–Crippen LogP) is 4.56. The summed E-state index contributed by atoms with van der Waals surface area (Å²) in [7, 11) is 0. The number of rotatable bonds is 5. The van der Waals surface area contributed by atoms with Gasteiger partial charge in [-0.25, -0.2) is 0 Å². The van der Waals surface area contributed by atoms with Crippen LogP contribution in [0.2, 0.25) is 0 Å². The van der Waals surface area contributed by atoms with E-state index in [-0.39, 0.29) is 29.4 Å². The molecule has 4 nitrogen and oxygen atoms in total. The molecule has 0 atom stereocenters. The summed E-state index contributed by atoms with van der Waals surface area (Å²) in [5.41, 5.74) is 2.06. The Bertz CT molecular complexity index is 736. The third kappa shape index (κ3) is 4.18. The summed E-state index contributed by atoms with van der Waals surface area (Å²) >= 11 is 0. The van der Waals surface area contributed by atoms with Crippen LogP contribution in [-0.2, 0) is 11.3 Å². The average Bonchev–Trinajstić information content (AvgIpc) is 2.67. The largest absolute Gasteiger partial charge is 0.508 e. The summed E-state index contributed by atoms with van der Waals surface area (Å²) in [5, 5.41) is 19.6. The molecule has 1 aliphatic carbocycles. The van der Waals surface area contributed by atoms with Gasteiger partial charge in [-0.1, -0.05) is 43.3 Å². The molecule has 2 N–H and O–H groups in total.